The lowest BCUT2D eigenvalue weighted by Gasteiger charge is -2.23. The van der Waals surface area contributed by atoms with Crippen LogP contribution in [0.5, 0.6) is 0 Å². The van der Waals surface area contributed by atoms with Gasteiger partial charge in [-0.1, -0.05) is 30.3 Å². The van der Waals surface area contributed by atoms with E-state index >= 15 is 0 Å². The van der Waals surface area contributed by atoms with Crippen LogP contribution in [-0.2, 0) is 9.53 Å². The second kappa shape index (κ2) is 6.68. The fraction of sp³-hybridized carbons (Fsp3) is 0.533. The third-order valence-electron chi connectivity index (χ3n) is 3.65. The minimum atomic E-state index is -0.287. The number of hydrogen-bond acceptors (Lipinski definition) is 3. The van der Waals surface area contributed by atoms with Crippen LogP contribution in [0, 0.1) is 0 Å². The molecule has 0 bridgehead atoms. The Morgan fingerprint density at radius 3 is 2.79 bits per heavy atom. The van der Waals surface area contributed by atoms with E-state index in [1.165, 1.54) is 0 Å². The monoisotopic (exact) mass is 262 g/mol. The van der Waals surface area contributed by atoms with Crippen LogP contribution in [0.25, 0.3) is 0 Å². The third-order valence-corrected chi connectivity index (χ3v) is 3.65. The Morgan fingerprint density at radius 2 is 2.21 bits per heavy atom. The zero-order chi connectivity index (χ0) is 13.7. The Kier molecular flexibility index (Phi) is 4.93. The molecule has 0 aromatic heterocycles. The maximum Gasteiger partial charge on any atom is 0.229 e. The van der Waals surface area contributed by atoms with Crippen molar-refractivity contribution in [1.82, 2.24) is 5.32 Å². The lowest BCUT2D eigenvalue weighted by molar-refractivity contribution is -0.123. The second-order valence-electron chi connectivity index (χ2n) is 5.05. The molecule has 19 heavy (non-hydrogen) atoms. The molecule has 104 valence electrons. The van der Waals surface area contributed by atoms with Crippen molar-refractivity contribution in [3.8, 4) is 0 Å². The van der Waals surface area contributed by atoms with Crippen LogP contribution in [0.4, 0.5) is 0 Å². The van der Waals surface area contributed by atoms with Gasteiger partial charge in [0.05, 0.1) is 18.1 Å². The van der Waals surface area contributed by atoms with Crippen molar-refractivity contribution in [1.29, 1.82) is 0 Å². The number of ether oxygens (including phenoxy) is 1. The molecule has 1 heterocycles. The van der Waals surface area contributed by atoms with E-state index in [2.05, 4.69) is 5.32 Å². The lowest BCUT2D eigenvalue weighted by atomic mass is 9.97. The fourth-order valence-electron chi connectivity index (χ4n) is 2.49. The van der Waals surface area contributed by atoms with Crippen molar-refractivity contribution in [3.05, 3.63) is 35.9 Å². The molecule has 0 saturated carbocycles. The highest BCUT2D eigenvalue weighted by Crippen LogP contribution is 2.18. The Labute approximate surface area is 114 Å². The Hall–Kier alpha value is -1.39. The van der Waals surface area contributed by atoms with Gasteiger partial charge in [-0.2, -0.15) is 0 Å². The van der Waals surface area contributed by atoms with Crippen LogP contribution < -0.4 is 11.1 Å². The Morgan fingerprint density at radius 1 is 1.47 bits per heavy atom. The molecule has 0 aliphatic carbocycles. The van der Waals surface area contributed by atoms with Gasteiger partial charge in [0.2, 0.25) is 5.91 Å². The number of nitrogens with one attached hydrogen (secondary N) is 1. The van der Waals surface area contributed by atoms with E-state index in [-0.39, 0.29) is 24.0 Å². The molecule has 1 fully saturated rings. The number of carbonyl (C=O) groups excluding carboxylic acids is 1. The molecule has 3 N–H and O–H groups in total. The molecule has 3 atom stereocenters. The van der Waals surface area contributed by atoms with E-state index in [0.717, 1.165) is 25.0 Å². The highest BCUT2D eigenvalue weighted by molar-refractivity contribution is 5.84. The molecule has 1 aliphatic rings. The van der Waals surface area contributed by atoms with Crippen molar-refractivity contribution in [3.63, 3.8) is 0 Å². The molecule has 1 amide bonds. The average Bonchev–Trinajstić information content (AvgIpc) is 2.94. The SMILES string of the molecule is CC(NC(=O)C(CN)c1ccccc1)C1CCCO1. The molecule has 2 rings (SSSR count). The van der Waals surface area contributed by atoms with Crippen LogP contribution in [0.1, 0.15) is 31.2 Å². The van der Waals surface area contributed by atoms with Crippen molar-refractivity contribution < 1.29 is 9.53 Å². The van der Waals surface area contributed by atoms with E-state index in [9.17, 15) is 4.79 Å². The third kappa shape index (κ3) is 3.55. The first-order valence-corrected chi connectivity index (χ1v) is 6.89. The number of benzene rings is 1. The number of carbonyl (C=O) groups is 1. The predicted octanol–water partition coefficient (Wildman–Crippen LogP) is 1.41. The van der Waals surface area contributed by atoms with E-state index in [0.29, 0.717) is 6.54 Å². The summed E-state index contributed by atoms with van der Waals surface area (Å²) in [5.74, 6) is -0.304. The summed E-state index contributed by atoms with van der Waals surface area (Å²) >= 11 is 0. The van der Waals surface area contributed by atoms with E-state index in [1.807, 2.05) is 37.3 Å². The molecule has 1 aromatic carbocycles. The van der Waals surface area contributed by atoms with Crippen LogP contribution in [-0.4, -0.2) is 31.2 Å². The smallest absolute Gasteiger partial charge is 0.229 e. The van der Waals surface area contributed by atoms with Crippen molar-refractivity contribution in [2.24, 2.45) is 5.73 Å². The second-order valence-corrected chi connectivity index (χ2v) is 5.05. The summed E-state index contributed by atoms with van der Waals surface area (Å²) in [6.07, 6.45) is 2.22. The molecular formula is C15H22N2O2. The van der Waals surface area contributed by atoms with Crippen molar-refractivity contribution >= 4 is 5.91 Å². The summed E-state index contributed by atoms with van der Waals surface area (Å²) in [5, 5.41) is 3.03. The molecule has 1 saturated heterocycles. The van der Waals surface area contributed by atoms with Gasteiger partial charge in [-0.3, -0.25) is 4.79 Å². The maximum atomic E-state index is 12.3. The molecule has 0 spiro atoms. The molecule has 1 aromatic rings. The largest absolute Gasteiger partial charge is 0.376 e. The predicted molar refractivity (Wildman–Crippen MR) is 74.8 cm³/mol. The topological polar surface area (TPSA) is 64.4 Å². The van der Waals surface area contributed by atoms with Crippen LogP contribution >= 0.6 is 0 Å². The van der Waals surface area contributed by atoms with Gasteiger partial charge in [-0.05, 0) is 25.3 Å². The Balaban J connectivity index is 1.97. The van der Waals surface area contributed by atoms with Crippen molar-refractivity contribution in [2.75, 3.05) is 13.2 Å². The zero-order valence-corrected chi connectivity index (χ0v) is 11.3. The quantitative estimate of drug-likeness (QED) is 0.843. The standard InChI is InChI=1S/C15H22N2O2/c1-11(14-8-5-9-19-14)17-15(18)13(10-16)12-6-3-2-4-7-12/h2-4,6-7,11,13-14H,5,8-10,16H2,1H3,(H,17,18). The van der Waals surface area contributed by atoms with Gasteiger partial charge in [-0.25, -0.2) is 0 Å². The van der Waals surface area contributed by atoms with Gasteiger partial charge in [-0.15, -0.1) is 0 Å². The first kappa shape index (κ1) is 14.0. The van der Waals surface area contributed by atoms with Gasteiger partial charge < -0.3 is 15.8 Å². The lowest BCUT2D eigenvalue weighted by Crippen LogP contribution is -2.44. The first-order chi connectivity index (χ1) is 9.22. The van der Waals surface area contributed by atoms with Gasteiger partial charge >= 0.3 is 0 Å². The Bertz CT molecular complexity index is 402. The van der Waals surface area contributed by atoms with E-state index in [4.69, 9.17) is 10.5 Å². The fourth-order valence-corrected chi connectivity index (χ4v) is 2.49. The summed E-state index contributed by atoms with van der Waals surface area (Å²) in [6, 6.07) is 9.70. The minimum Gasteiger partial charge on any atom is -0.376 e. The highest BCUT2D eigenvalue weighted by atomic mass is 16.5. The van der Waals surface area contributed by atoms with Crippen LogP contribution in [0.2, 0.25) is 0 Å². The summed E-state index contributed by atoms with van der Waals surface area (Å²) in [6.45, 7) is 3.10. The molecular weight excluding hydrogens is 240 g/mol. The summed E-state index contributed by atoms with van der Waals surface area (Å²) in [4.78, 5) is 12.3. The van der Waals surface area contributed by atoms with E-state index < -0.39 is 0 Å². The first-order valence-electron chi connectivity index (χ1n) is 6.89. The molecule has 1 aliphatic heterocycles. The van der Waals surface area contributed by atoms with Gasteiger partial charge in [0.1, 0.15) is 0 Å². The maximum absolute atomic E-state index is 12.3. The summed E-state index contributed by atoms with van der Waals surface area (Å²) < 4.78 is 5.59. The molecule has 0 radical (unpaired) electrons. The number of nitrogens with two attached hydrogens (primary N) is 1. The summed E-state index contributed by atoms with van der Waals surface area (Å²) in [5.41, 5.74) is 6.70. The van der Waals surface area contributed by atoms with Crippen LogP contribution in [0.15, 0.2) is 30.3 Å². The zero-order valence-electron chi connectivity index (χ0n) is 11.3. The highest BCUT2D eigenvalue weighted by Gasteiger charge is 2.26. The van der Waals surface area contributed by atoms with E-state index in [1.54, 1.807) is 0 Å². The van der Waals surface area contributed by atoms with Gasteiger partial charge in [0, 0.05) is 13.2 Å². The molecule has 4 heteroatoms. The molecule has 3 unspecified atom stereocenters. The van der Waals surface area contributed by atoms with Gasteiger partial charge in [0.15, 0.2) is 0 Å². The number of hydrogen-bond donors (Lipinski definition) is 2. The van der Waals surface area contributed by atoms with Crippen molar-refractivity contribution in [2.45, 2.75) is 37.8 Å². The van der Waals surface area contributed by atoms with Crippen LogP contribution in [0.3, 0.4) is 0 Å². The minimum absolute atomic E-state index is 0.0169. The average molecular weight is 262 g/mol. The molecule has 4 nitrogen and oxygen atoms in total. The number of amides is 1. The summed E-state index contributed by atoms with van der Waals surface area (Å²) in [7, 11) is 0. The number of rotatable bonds is 5. The van der Waals surface area contributed by atoms with Gasteiger partial charge in [0.25, 0.3) is 0 Å². The normalized spacial score (nSPS) is 21.9.